The Kier molecular flexibility index (Phi) is 3.56. The molecule has 0 amide bonds. The third kappa shape index (κ3) is 3.15. The molecule has 0 aliphatic heterocycles. The maximum Gasteiger partial charge on any atom is 0.208 e. The fourth-order valence-electron chi connectivity index (χ4n) is 1.24. The first-order chi connectivity index (χ1) is 7.24. The van der Waals surface area contributed by atoms with Gasteiger partial charge in [0, 0.05) is 6.54 Å². The molecule has 2 aromatic heterocycles. The Bertz CT molecular complexity index is 398. The van der Waals surface area contributed by atoms with Crippen molar-refractivity contribution < 1.29 is 4.42 Å². The van der Waals surface area contributed by atoms with E-state index in [1.54, 1.807) is 17.5 Å². The van der Waals surface area contributed by atoms with Crippen LogP contribution in [0.1, 0.15) is 17.2 Å². The number of hydrogen-bond donors (Lipinski definition) is 1. The highest BCUT2D eigenvalue weighted by atomic mass is 79.9. The Morgan fingerprint density at radius 3 is 3.00 bits per heavy atom. The second kappa shape index (κ2) is 4.92. The normalized spacial score (nSPS) is 10.8. The van der Waals surface area contributed by atoms with E-state index in [0.29, 0.717) is 6.54 Å². The zero-order chi connectivity index (χ0) is 10.7. The summed E-state index contributed by atoms with van der Waals surface area (Å²) in [5.41, 5.74) is 1.27. The van der Waals surface area contributed by atoms with Crippen LogP contribution in [0.4, 0.5) is 0 Å². The third-order valence-corrected chi connectivity index (χ3v) is 3.45. The first-order valence-electron chi connectivity index (χ1n) is 4.59. The molecule has 0 saturated carbocycles. The van der Waals surface area contributed by atoms with Crippen LogP contribution in [0.5, 0.6) is 0 Å². The molecular weight excluding hydrogens is 276 g/mol. The van der Waals surface area contributed by atoms with E-state index >= 15 is 0 Å². The molecule has 0 unspecified atom stereocenters. The van der Waals surface area contributed by atoms with Gasteiger partial charge in [0.15, 0.2) is 0 Å². The van der Waals surface area contributed by atoms with Gasteiger partial charge in [-0.25, -0.2) is 4.98 Å². The van der Waals surface area contributed by atoms with Crippen molar-refractivity contribution >= 4 is 27.3 Å². The van der Waals surface area contributed by atoms with Crippen LogP contribution in [0.2, 0.25) is 0 Å². The minimum Gasteiger partial charge on any atom is -0.445 e. The number of oxazole rings is 1. The maximum absolute atomic E-state index is 5.35. The van der Waals surface area contributed by atoms with Gasteiger partial charge in [0.2, 0.25) is 5.89 Å². The van der Waals surface area contributed by atoms with Gasteiger partial charge in [0.25, 0.3) is 0 Å². The Morgan fingerprint density at radius 2 is 2.40 bits per heavy atom. The van der Waals surface area contributed by atoms with Gasteiger partial charge in [-0.2, -0.15) is 0 Å². The van der Waals surface area contributed by atoms with E-state index in [9.17, 15) is 0 Å². The minimum absolute atomic E-state index is 0.668. The van der Waals surface area contributed by atoms with Gasteiger partial charge in [-0.3, -0.25) is 0 Å². The third-order valence-electron chi connectivity index (χ3n) is 1.90. The van der Waals surface area contributed by atoms with E-state index in [1.165, 1.54) is 5.56 Å². The lowest BCUT2D eigenvalue weighted by Crippen LogP contribution is -2.12. The van der Waals surface area contributed by atoms with E-state index in [4.69, 9.17) is 4.42 Å². The van der Waals surface area contributed by atoms with Crippen LogP contribution >= 0.6 is 27.3 Å². The smallest absolute Gasteiger partial charge is 0.208 e. The molecule has 80 valence electrons. The number of nitrogens with one attached hydrogen (secondary N) is 1. The Labute approximate surface area is 101 Å². The van der Waals surface area contributed by atoms with Crippen molar-refractivity contribution in [3.63, 3.8) is 0 Å². The number of nitrogens with zero attached hydrogens (tertiary/aromatic N) is 1. The molecule has 2 heterocycles. The number of rotatable bonds is 4. The lowest BCUT2D eigenvalue weighted by atomic mass is 10.3. The van der Waals surface area contributed by atoms with E-state index in [-0.39, 0.29) is 0 Å². The Morgan fingerprint density at radius 1 is 1.53 bits per heavy atom. The van der Waals surface area contributed by atoms with Crippen LogP contribution in [0.25, 0.3) is 0 Å². The van der Waals surface area contributed by atoms with Crippen LogP contribution < -0.4 is 5.32 Å². The molecular formula is C10H11BrN2OS. The second-order valence-corrected chi connectivity index (χ2v) is 5.52. The molecule has 15 heavy (non-hydrogen) atoms. The number of thiophene rings is 1. The monoisotopic (exact) mass is 286 g/mol. The quantitative estimate of drug-likeness (QED) is 0.939. The standard InChI is InChI=1S/C10H11BrN2OS/c1-7-3-13-10(14-7)5-12-4-8-2-9(11)15-6-8/h2-3,6,12H,4-5H2,1H3. The molecule has 0 aromatic carbocycles. The molecule has 0 bridgehead atoms. The zero-order valence-electron chi connectivity index (χ0n) is 8.29. The fraction of sp³-hybridized carbons (Fsp3) is 0.300. The van der Waals surface area contributed by atoms with Gasteiger partial charge in [0.1, 0.15) is 5.76 Å². The van der Waals surface area contributed by atoms with Crippen LogP contribution in [0.3, 0.4) is 0 Å². The average Bonchev–Trinajstić information content (AvgIpc) is 2.76. The molecule has 2 aromatic rings. The summed E-state index contributed by atoms with van der Waals surface area (Å²) in [7, 11) is 0. The first kappa shape index (κ1) is 10.9. The predicted octanol–water partition coefficient (Wildman–Crippen LogP) is 3.10. The summed E-state index contributed by atoms with van der Waals surface area (Å²) in [6, 6.07) is 2.11. The van der Waals surface area contributed by atoms with Crippen LogP contribution in [0, 0.1) is 6.92 Å². The average molecular weight is 287 g/mol. The summed E-state index contributed by atoms with van der Waals surface area (Å²) >= 11 is 5.12. The van der Waals surface area contributed by atoms with Crippen molar-refractivity contribution in [2.75, 3.05) is 0 Å². The Hall–Kier alpha value is -0.650. The SMILES string of the molecule is Cc1cnc(CNCc2csc(Br)c2)o1. The summed E-state index contributed by atoms with van der Waals surface area (Å²) in [5, 5.41) is 5.40. The van der Waals surface area contributed by atoms with Crippen molar-refractivity contribution in [2.24, 2.45) is 0 Å². The number of halogens is 1. The number of aryl methyl sites for hydroxylation is 1. The molecule has 1 N–H and O–H groups in total. The molecule has 0 saturated heterocycles. The lowest BCUT2D eigenvalue weighted by molar-refractivity contribution is 0.449. The molecule has 0 aliphatic rings. The summed E-state index contributed by atoms with van der Waals surface area (Å²) in [6.45, 7) is 3.40. The highest BCUT2D eigenvalue weighted by Crippen LogP contribution is 2.20. The zero-order valence-corrected chi connectivity index (χ0v) is 10.7. The van der Waals surface area contributed by atoms with E-state index < -0.39 is 0 Å². The molecule has 0 atom stereocenters. The van der Waals surface area contributed by atoms with E-state index in [2.05, 4.69) is 37.7 Å². The number of hydrogen-bond acceptors (Lipinski definition) is 4. The van der Waals surface area contributed by atoms with Gasteiger partial charge in [-0.15, -0.1) is 11.3 Å². The number of aromatic nitrogens is 1. The van der Waals surface area contributed by atoms with Crippen molar-refractivity contribution in [1.82, 2.24) is 10.3 Å². The van der Waals surface area contributed by atoms with Crippen molar-refractivity contribution in [3.8, 4) is 0 Å². The molecule has 0 fully saturated rings. The first-order valence-corrected chi connectivity index (χ1v) is 6.26. The van der Waals surface area contributed by atoms with Crippen molar-refractivity contribution in [3.05, 3.63) is 38.6 Å². The van der Waals surface area contributed by atoms with Gasteiger partial charge in [-0.1, -0.05) is 0 Å². The van der Waals surface area contributed by atoms with Crippen LogP contribution in [-0.4, -0.2) is 4.98 Å². The van der Waals surface area contributed by atoms with E-state index in [0.717, 1.165) is 22.0 Å². The summed E-state index contributed by atoms with van der Waals surface area (Å²) in [4.78, 5) is 4.12. The van der Waals surface area contributed by atoms with Crippen LogP contribution in [-0.2, 0) is 13.1 Å². The second-order valence-electron chi connectivity index (χ2n) is 3.23. The molecule has 0 spiro atoms. The van der Waals surface area contributed by atoms with Crippen molar-refractivity contribution in [1.29, 1.82) is 0 Å². The van der Waals surface area contributed by atoms with Gasteiger partial charge in [0.05, 0.1) is 16.5 Å². The van der Waals surface area contributed by atoms with Gasteiger partial charge < -0.3 is 9.73 Å². The fourth-order valence-corrected chi connectivity index (χ4v) is 2.44. The van der Waals surface area contributed by atoms with Crippen LogP contribution in [0.15, 0.2) is 25.8 Å². The summed E-state index contributed by atoms with van der Waals surface area (Å²) < 4.78 is 6.50. The Balaban J connectivity index is 1.80. The van der Waals surface area contributed by atoms with Gasteiger partial charge in [-0.05, 0) is 39.9 Å². The van der Waals surface area contributed by atoms with Gasteiger partial charge >= 0.3 is 0 Å². The van der Waals surface area contributed by atoms with Crippen molar-refractivity contribution in [2.45, 2.75) is 20.0 Å². The highest BCUT2D eigenvalue weighted by Gasteiger charge is 2.00. The minimum atomic E-state index is 0.668. The molecule has 0 aliphatic carbocycles. The maximum atomic E-state index is 5.35. The summed E-state index contributed by atoms with van der Waals surface area (Å²) in [5.74, 6) is 1.59. The lowest BCUT2D eigenvalue weighted by Gasteiger charge is -1.98. The van der Waals surface area contributed by atoms with E-state index in [1.807, 2.05) is 6.92 Å². The predicted molar refractivity (Wildman–Crippen MR) is 63.8 cm³/mol. The molecule has 3 nitrogen and oxygen atoms in total. The molecule has 2 rings (SSSR count). The largest absolute Gasteiger partial charge is 0.445 e. The summed E-state index contributed by atoms with van der Waals surface area (Å²) in [6.07, 6.45) is 1.73. The highest BCUT2D eigenvalue weighted by molar-refractivity contribution is 9.11. The molecule has 5 heteroatoms. The topological polar surface area (TPSA) is 38.1 Å². The molecule has 0 radical (unpaired) electrons.